The SMILES string of the molecule is CCc1ccc(NS(=O)(=O)c2cccc3c(NC(=O)/C=C/c4ccc(OC(C)=O)c(OC(C)=O)c4)cccc23)cc1. The second-order valence-electron chi connectivity index (χ2n) is 9.03. The molecule has 0 heterocycles. The van der Waals surface area contributed by atoms with Crippen LogP contribution in [0.1, 0.15) is 31.9 Å². The Morgan fingerprint density at radius 1 is 0.805 bits per heavy atom. The summed E-state index contributed by atoms with van der Waals surface area (Å²) in [6.45, 7) is 4.46. The topological polar surface area (TPSA) is 128 Å². The van der Waals surface area contributed by atoms with Crippen LogP contribution in [0.4, 0.5) is 11.4 Å². The molecule has 4 aromatic carbocycles. The lowest BCUT2D eigenvalue weighted by Crippen LogP contribution is -2.14. The normalized spacial score (nSPS) is 11.3. The van der Waals surface area contributed by atoms with Crippen molar-refractivity contribution in [1.29, 1.82) is 0 Å². The van der Waals surface area contributed by atoms with Crippen LogP contribution in [-0.2, 0) is 30.8 Å². The van der Waals surface area contributed by atoms with Gasteiger partial charge in [-0.15, -0.1) is 0 Å². The molecule has 0 spiro atoms. The minimum Gasteiger partial charge on any atom is -0.423 e. The maximum atomic E-state index is 13.3. The number of aryl methyl sites for hydroxylation is 1. The molecule has 10 heteroatoms. The van der Waals surface area contributed by atoms with Crippen molar-refractivity contribution in [3.05, 3.63) is 96.1 Å². The van der Waals surface area contributed by atoms with E-state index in [2.05, 4.69) is 10.0 Å². The fourth-order valence-electron chi connectivity index (χ4n) is 4.09. The Morgan fingerprint density at radius 2 is 1.46 bits per heavy atom. The van der Waals surface area contributed by atoms with Crippen LogP contribution in [0.2, 0.25) is 0 Å². The summed E-state index contributed by atoms with van der Waals surface area (Å²) < 4.78 is 39.3. The van der Waals surface area contributed by atoms with Crippen LogP contribution in [0.3, 0.4) is 0 Å². The van der Waals surface area contributed by atoms with Crippen molar-refractivity contribution < 1.29 is 32.3 Å². The lowest BCUT2D eigenvalue weighted by Gasteiger charge is -2.13. The molecule has 0 atom stereocenters. The van der Waals surface area contributed by atoms with E-state index in [1.54, 1.807) is 48.5 Å². The van der Waals surface area contributed by atoms with Gasteiger partial charge in [0.15, 0.2) is 11.5 Å². The molecule has 9 nitrogen and oxygen atoms in total. The molecule has 0 bridgehead atoms. The zero-order valence-electron chi connectivity index (χ0n) is 22.6. The molecule has 41 heavy (non-hydrogen) atoms. The first-order chi connectivity index (χ1) is 19.6. The Bertz CT molecular complexity index is 1760. The number of esters is 2. The Kier molecular flexibility index (Phi) is 8.84. The van der Waals surface area contributed by atoms with E-state index in [4.69, 9.17) is 9.47 Å². The van der Waals surface area contributed by atoms with Crippen molar-refractivity contribution in [3.8, 4) is 11.5 Å². The van der Waals surface area contributed by atoms with Gasteiger partial charge in [-0.3, -0.25) is 19.1 Å². The van der Waals surface area contributed by atoms with E-state index in [9.17, 15) is 22.8 Å². The van der Waals surface area contributed by atoms with Gasteiger partial charge in [0.2, 0.25) is 5.91 Å². The smallest absolute Gasteiger partial charge is 0.308 e. The predicted octanol–water partition coefficient (Wildman–Crippen LogP) is 5.71. The molecule has 0 aliphatic rings. The summed E-state index contributed by atoms with van der Waals surface area (Å²) in [5, 5.41) is 3.77. The molecular formula is C31H28N2O7S. The number of carbonyl (C=O) groups is 3. The van der Waals surface area contributed by atoms with Crippen LogP contribution >= 0.6 is 0 Å². The Balaban J connectivity index is 1.56. The first kappa shape index (κ1) is 29.0. The summed E-state index contributed by atoms with van der Waals surface area (Å²) in [5.41, 5.74) is 2.48. The Morgan fingerprint density at radius 3 is 2.15 bits per heavy atom. The molecule has 0 aliphatic heterocycles. The van der Waals surface area contributed by atoms with Crippen molar-refractivity contribution in [2.45, 2.75) is 32.1 Å². The zero-order valence-corrected chi connectivity index (χ0v) is 23.4. The van der Waals surface area contributed by atoms with Gasteiger partial charge in [-0.25, -0.2) is 8.42 Å². The molecule has 0 saturated carbocycles. The van der Waals surface area contributed by atoms with Crippen LogP contribution in [0, 0.1) is 0 Å². The number of benzene rings is 4. The molecule has 4 aromatic rings. The van der Waals surface area contributed by atoms with Crippen molar-refractivity contribution in [2.75, 3.05) is 10.0 Å². The van der Waals surface area contributed by atoms with Crippen molar-refractivity contribution >= 4 is 56.1 Å². The number of rotatable bonds is 9. The van der Waals surface area contributed by atoms with Crippen molar-refractivity contribution in [2.24, 2.45) is 0 Å². The summed E-state index contributed by atoms with van der Waals surface area (Å²) in [7, 11) is -3.92. The number of hydrogen-bond donors (Lipinski definition) is 2. The summed E-state index contributed by atoms with van der Waals surface area (Å²) in [4.78, 5) is 35.7. The monoisotopic (exact) mass is 572 g/mol. The average Bonchev–Trinajstić information content (AvgIpc) is 2.92. The van der Waals surface area contributed by atoms with E-state index in [1.165, 1.54) is 44.2 Å². The first-order valence-electron chi connectivity index (χ1n) is 12.7. The number of fused-ring (bicyclic) bond motifs is 1. The van der Waals surface area contributed by atoms with Crippen molar-refractivity contribution in [3.63, 3.8) is 0 Å². The highest BCUT2D eigenvalue weighted by molar-refractivity contribution is 7.93. The fraction of sp³-hybridized carbons (Fsp3) is 0.129. The highest BCUT2D eigenvalue weighted by Gasteiger charge is 2.19. The molecule has 0 unspecified atom stereocenters. The summed E-state index contributed by atoms with van der Waals surface area (Å²) in [6, 6.07) is 21.5. The van der Waals surface area contributed by atoms with E-state index in [-0.39, 0.29) is 16.4 Å². The van der Waals surface area contributed by atoms with Gasteiger partial charge in [-0.1, -0.05) is 49.4 Å². The quantitative estimate of drug-likeness (QED) is 0.149. The molecule has 4 rings (SSSR count). The van der Waals surface area contributed by atoms with E-state index in [0.717, 1.165) is 12.0 Å². The van der Waals surface area contributed by atoms with Crippen LogP contribution in [0.25, 0.3) is 16.8 Å². The molecule has 0 aliphatic carbocycles. The van der Waals surface area contributed by atoms with Gasteiger partial charge in [0.25, 0.3) is 10.0 Å². The molecule has 0 aromatic heterocycles. The average molecular weight is 573 g/mol. The number of sulfonamides is 1. The largest absolute Gasteiger partial charge is 0.423 e. The zero-order chi connectivity index (χ0) is 29.6. The fourth-order valence-corrected chi connectivity index (χ4v) is 5.37. The number of hydrogen-bond acceptors (Lipinski definition) is 7. The summed E-state index contributed by atoms with van der Waals surface area (Å²) in [5.74, 6) is -1.54. The second-order valence-corrected chi connectivity index (χ2v) is 10.7. The van der Waals surface area contributed by atoms with Crippen LogP contribution in [0.15, 0.2) is 89.8 Å². The third-order valence-electron chi connectivity index (χ3n) is 5.95. The Hall–Kier alpha value is -4.96. The summed E-state index contributed by atoms with van der Waals surface area (Å²) in [6.07, 6.45) is 3.62. The standard InChI is InChI=1S/C31H28N2O7S/c1-4-22-11-15-24(16-12-22)33-41(37,38)30-10-6-7-25-26(30)8-5-9-27(25)32-31(36)18-14-23-13-17-28(39-20(2)34)29(19-23)40-21(3)35/h5-19,33H,4H2,1-3H3,(H,32,36)/b18-14+. The number of amides is 1. The lowest BCUT2D eigenvalue weighted by atomic mass is 10.1. The molecular weight excluding hydrogens is 544 g/mol. The Labute approximate surface area is 237 Å². The summed E-state index contributed by atoms with van der Waals surface area (Å²) >= 11 is 0. The number of ether oxygens (including phenoxy) is 2. The van der Waals surface area contributed by atoms with Gasteiger partial charge in [-0.2, -0.15) is 0 Å². The first-order valence-corrected chi connectivity index (χ1v) is 14.2. The van der Waals surface area contributed by atoms with E-state index in [1.807, 2.05) is 19.1 Å². The molecule has 0 fully saturated rings. The second kappa shape index (κ2) is 12.5. The third kappa shape index (κ3) is 7.37. The van der Waals surface area contributed by atoms with Gasteiger partial charge in [0.1, 0.15) is 0 Å². The highest BCUT2D eigenvalue weighted by Crippen LogP contribution is 2.31. The number of nitrogens with one attached hydrogen (secondary N) is 2. The van der Waals surface area contributed by atoms with Gasteiger partial charge >= 0.3 is 11.9 Å². The van der Waals surface area contributed by atoms with E-state index < -0.39 is 27.9 Å². The highest BCUT2D eigenvalue weighted by atomic mass is 32.2. The van der Waals surface area contributed by atoms with Gasteiger partial charge in [0, 0.05) is 42.1 Å². The molecule has 2 N–H and O–H groups in total. The molecule has 0 saturated heterocycles. The molecule has 210 valence electrons. The van der Waals surface area contributed by atoms with Gasteiger partial charge in [-0.05, 0) is 60.0 Å². The van der Waals surface area contributed by atoms with Crippen LogP contribution in [0.5, 0.6) is 11.5 Å². The number of anilines is 2. The molecule has 0 radical (unpaired) electrons. The van der Waals surface area contributed by atoms with Crippen LogP contribution < -0.4 is 19.5 Å². The van der Waals surface area contributed by atoms with Gasteiger partial charge in [0.05, 0.1) is 4.90 Å². The minimum absolute atomic E-state index is 0.0352. The lowest BCUT2D eigenvalue weighted by molar-refractivity contribution is -0.134. The predicted molar refractivity (Wildman–Crippen MR) is 157 cm³/mol. The van der Waals surface area contributed by atoms with Crippen molar-refractivity contribution in [1.82, 2.24) is 0 Å². The third-order valence-corrected chi connectivity index (χ3v) is 7.39. The maximum absolute atomic E-state index is 13.3. The molecule has 1 amide bonds. The van der Waals surface area contributed by atoms with E-state index >= 15 is 0 Å². The minimum atomic E-state index is -3.92. The maximum Gasteiger partial charge on any atom is 0.308 e. The van der Waals surface area contributed by atoms with E-state index in [0.29, 0.717) is 27.7 Å². The van der Waals surface area contributed by atoms with Gasteiger partial charge < -0.3 is 14.8 Å². The van der Waals surface area contributed by atoms with Crippen LogP contribution in [-0.4, -0.2) is 26.3 Å². The number of carbonyl (C=O) groups excluding carboxylic acids is 3.